The van der Waals surface area contributed by atoms with Crippen LogP contribution in [0.2, 0.25) is 0 Å². The largest absolute Gasteiger partial charge is 0.480 e. The van der Waals surface area contributed by atoms with E-state index in [0.717, 1.165) is 45.2 Å². The van der Waals surface area contributed by atoms with Crippen LogP contribution in [0.25, 0.3) is 0 Å². The Morgan fingerprint density at radius 2 is 2.04 bits per heavy atom. The number of piperidine rings is 1. The second kappa shape index (κ2) is 9.22. The molecule has 2 rings (SSSR count). The van der Waals surface area contributed by atoms with Crippen LogP contribution in [0.15, 0.2) is 0 Å². The quantitative estimate of drug-likeness (QED) is 0.699. The molecule has 0 bridgehead atoms. The van der Waals surface area contributed by atoms with Crippen molar-refractivity contribution in [3.63, 3.8) is 0 Å². The summed E-state index contributed by atoms with van der Waals surface area (Å²) in [7, 11) is 0. The van der Waals surface area contributed by atoms with Crippen molar-refractivity contribution in [2.24, 2.45) is 0 Å². The van der Waals surface area contributed by atoms with Gasteiger partial charge in [0.15, 0.2) is 0 Å². The van der Waals surface area contributed by atoms with E-state index in [4.69, 9.17) is 9.84 Å². The summed E-state index contributed by atoms with van der Waals surface area (Å²) < 4.78 is 5.51. The van der Waals surface area contributed by atoms with Crippen molar-refractivity contribution in [2.45, 2.75) is 64.1 Å². The maximum atomic E-state index is 12.6. The molecule has 0 radical (unpaired) electrons. The first-order valence-electron chi connectivity index (χ1n) is 9.15. The Kier molecular flexibility index (Phi) is 7.30. The second-order valence-electron chi connectivity index (χ2n) is 6.73. The summed E-state index contributed by atoms with van der Waals surface area (Å²) in [5.74, 6) is -0.795. The van der Waals surface area contributed by atoms with Gasteiger partial charge in [-0.2, -0.15) is 0 Å². The zero-order chi connectivity index (χ0) is 17.5. The molecule has 0 aromatic heterocycles. The number of urea groups is 1. The number of amides is 2. The van der Waals surface area contributed by atoms with Crippen LogP contribution in [0.5, 0.6) is 0 Å². The van der Waals surface area contributed by atoms with Crippen LogP contribution in [-0.4, -0.2) is 77.9 Å². The van der Waals surface area contributed by atoms with E-state index in [2.05, 4.69) is 5.32 Å². The topological polar surface area (TPSA) is 82.1 Å². The minimum Gasteiger partial charge on any atom is -0.480 e. The van der Waals surface area contributed by atoms with Crippen LogP contribution in [0.4, 0.5) is 4.79 Å². The zero-order valence-electron chi connectivity index (χ0n) is 14.9. The molecule has 2 fully saturated rings. The van der Waals surface area contributed by atoms with Crippen molar-refractivity contribution in [3.05, 3.63) is 0 Å². The minimum atomic E-state index is -0.795. The average Bonchev–Trinajstić information content (AvgIpc) is 2.53. The smallest absolute Gasteiger partial charge is 0.317 e. The van der Waals surface area contributed by atoms with Gasteiger partial charge in [-0.25, -0.2) is 4.79 Å². The van der Waals surface area contributed by atoms with Crippen LogP contribution in [0.1, 0.15) is 46.0 Å². The predicted molar refractivity (Wildman–Crippen MR) is 91.1 cm³/mol. The molecule has 7 heteroatoms. The fourth-order valence-electron chi connectivity index (χ4n) is 3.63. The summed E-state index contributed by atoms with van der Waals surface area (Å²) in [4.78, 5) is 27.3. The number of rotatable bonds is 8. The Balaban J connectivity index is 1.77. The highest BCUT2D eigenvalue weighted by Crippen LogP contribution is 2.26. The number of ether oxygens (including phenoxy) is 1. The number of nitrogens with one attached hydrogen (secondary N) is 1. The van der Waals surface area contributed by atoms with Crippen LogP contribution >= 0.6 is 0 Å². The van der Waals surface area contributed by atoms with Gasteiger partial charge in [-0.15, -0.1) is 0 Å². The van der Waals surface area contributed by atoms with E-state index in [1.807, 2.05) is 23.6 Å². The van der Waals surface area contributed by atoms with Gasteiger partial charge in [-0.3, -0.25) is 9.69 Å². The normalized spacial score (nSPS) is 27.0. The van der Waals surface area contributed by atoms with Crippen LogP contribution < -0.4 is 5.32 Å². The highest BCUT2D eigenvalue weighted by Gasteiger charge is 2.36. The van der Waals surface area contributed by atoms with E-state index in [1.165, 1.54) is 0 Å². The van der Waals surface area contributed by atoms with Crippen molar-refractivity contribution in [1.29, 1.82) is 0 Å². The van der Waals surface area contributed by atoms with Crippen molar-refractivity contribution in [1.82, 2.24) is 15.1 Å². The summed E-state index contributed by atoms with van der Waals surface area (Å²) in [6.07, 6.45) is 4.86. The third-order valence-electron chi connectivity index (χ3n) is 5.10. The van der Waals surface area contributed by atoms with Crippen molar-refractivity contribution in [3.8, 4) is 0 Å². The van der Waals surface area contributed by atoms with E-state index in [-0.39, 0.29) is 30.7 Å². The lowest BCUT2D eigenvalue weighted by Gasteiger charge is -2.44. The summed E-state index contributed by atoms with van der Waals surface area (Å²) in [5.41, 5.74) is 0. The first-order valence-corrected chi connectivity index (χ1v) is 9.15. The molecular weight excluding hydrogens is 310 g/mol. The van der Waals surface area contributed by atoms with Crippen molar-refractivity contribution in [2.75, 3.05) is 32.8 Å². The van der Waals surface area contributed by atoms with E-state index < -0.39 is 5.97 Å². The van der Waals surface area contributed by atoms with Gasteiger partial charge >= 0.3 is 12.0 Å². The number of likely N-dealkylation sites (N-methyl/N-ethyl adjacent to an activating group) is 1. The average molecular weight is 341 g/mol. The van der Waals surface area contributed by atoms with E-state index in [9.17, 15) is 9.59 Å². The molecule has 24 heavy (non-hydrogen) atoms. The molecule has 1 aliphatic carbocycles. The summed E-state index contributed by atoms with van der Waals surface area (Å²) in [6, 6.07) is 0.592. The molecule has 2 amide bonds. The van der Waals surface area contributed by atoms with Gasteiger partial charge in [0.1, 0.15) is 0 Å². The lowest BCUT2D eigenvalue weighted by molar-refractivity contribution is -0.139. The molecule has 1 saturated heterocycles. The molecule has 2 N–H and O–H groups in total. The SMILES string of the molecule is CCOCC1CCCCN1C(=O)NC1CC(N(CC)CC(=O)O)C1. The number of carbonyl (C=O) groups is 2. The van der Waals surface area contributed by atoms with Gasteiger partial charge in [0.2, 0.25) is 0 Å². The number of carboxylic acid groups (broad SMARTS) is 1. The highest BCUT2D eigenvalue weighted by atomic mass is 16.5. The maximum absolute atomic E-state index is 12.6. The van der Waals surface area contributed by atoms with E-state index >= 15 is 0 Å². The molecule has 138 valence electrons. The van der Waals surface area contributed by atoms with Gasteiger partial charge in [0.25, 0.3) is 0 Å². The van der Waals surface area contributed by atoms with Gasteiger partial charge in [-0.05, 0) is 45.6 Å². The third kappa shape index (κ3) is 5.08. The molecule has 1 aliphatic heterocycles. The second-order valence-corrected chi connectivity index (χ2v) is 6.73. The van der Waals surface area contributed by atoms with Crippen LogP contribution in [0, 0.1) is 0 Å². The van der Waals surface area contributed by atoms with Crippen molar-refractivity contribution < 1.29 is 19.4 Å². The van der Waals surface area contributed by atoms with E-state index in [1.54, 1.807) is 0 Å². The summed E-state index contributed by atoms with van der Waals surface area (Å²) >= 11 is 0. The molecule has 2 aliphatic rings. The Morgan fingerprint density at radius 3 is 2.67 bits per heavy atom. The number of likely N-dealkylation sites (tertiary alicyclic amines) is 1. The standard InChI is InChI=1S/C17H31N3O4/c1-3-19(11-16(21)22)15-9-13(10-15)18-17(23)20-8-6-5-7-14(20)12-24-4-2/h13-15H,3-12H2,1-2H3,(H,18,23)(H,21,22). The minimum absolute atomic E-state index is 0.00383. The lowest BCUT2D eigenvalue weighted by atomic mass is 9.85. The van der Waals surface area contributed by atoms with Crippen LogP contribution in [0.3, 0.4) is 0 Å². The number of hydrogen-bond acceptors (Lipinski definition) is 4. The molecule has 0 spiro atoms. The number of hydrogen-bond donors (Lipinski definition) is 2. The molecule has 1 unspecified atom stereocenters. The fraction of sp³-hybridized carbons (Fsp3) is 0.882. The molecule has 1 heterocycles. The van der Waals surface area contributed by atoms with Gasteiger partial charge in [0, 0.05) is 25.2 Å². The number of aliphatic carboxylic acids is 1. The molecule has 1 saturated carbocycles. The van der Waals surface area contributed by atoms with E-state index in [0.29, 0.717) is 13.2 Å². The number of carbonyl (C=O) groups excluding carboxylic acids is 1. The summed E-state index contributed by atoms with van der Waals surface area (Å²) in [6.45, 7) is 6.82. The van der Waals surface area contributed by atoms with Gasteiger partial charge < -0.3 is 20.1 Å². The third-order valence-corrected chi connectivity index (χ3v) is 5.10. The highest BCUT2D eigenvalue weighted by molar-refractivity contribution is 5.75. The monoisotopic (exact) mass is 341 g/mol. The molecule has 0 aromatic rings. The van der Waals surface area contributed by atoms with Crippen LogP contribution in [-0.2, 0) is 9.53 Å². The Hall–Kier alpha value is -1.34. The van der Waals surface area contributed by atoms with Crippen molar-refractivity contribution >= 4 is 12.0 Å². The molecule has 7 nitrogen and oxygen atoms in total. The first kappa shape index (κ1) is 19.0. The Labute approximate surface area is 144 Å². The fourth-order valence-corrected chi connectivity index (χ4v) is 3.63. The molecule has 0 aromatic carbocycles. The Morgan fingerprint density at radius 1 is 1.29 bits per heavy atom. The number of nitrogens with zero attached hydrogens (tertiary/aromatic N) is 2. The maximum Gasteiger partial charge on any atom is 0.317 e. The first-order chi connectivity index (χ1) is 11.5. The zero-order valence-corrected chi connectivity index (χ0v) is 14.9. The molecule has 1 atom stereocenters. The number of carboxylic acids is 1. The Bertz CT molecular complexity index is 426. The van der Waals surface area contributed by atoms with Gasteiger partial charge in [0.05, 0.1) is 19.2 Å². The predicted octanol–water partition coefficient (Wildman–Crippen LogP) is 1.52. The lowest BCUT2D eigenvalue weighted by Crippen LogP contribution is -2.59. The molecular formula is C17H31N3O4. The summed E-state index contributed by atoms with van der Waals surface area (Å²) in [5, 5.41) is 12.0. The van der Waals surface area contributed by atoms with Gasteiger partial charge in [-0.1, -0.05) is 6.92 Å².